The van der Waals surface area contributed by atoms with Crippen molar-refractivity contribution in [2.24, 2.45) is 0 Å². The normalized spacial score (nSPS) is 17.7. The Bertz CT molecular complexity index is 1320. The highest BCUT2D eigenvalue weighted by Crippen LogP contribution is 2.34. The summed E-state index contributed by atoms with van der Waals surface area (Å²) in [5.41, 5.74) is 3.05. The van der Waals surface area contributed by atoms with E-state index in [-0.39, 0.29) is 36.8 Å². The Kier molecular flexibility index (Phi) is 4.93. The van der Waals surface area contributed by atoms with E-state index in [1.165, 1.54) is 35.2 Å². The Morgan fingerprint density at radius 2 is 2.00 bits per heavy atom. The molecule has 0 spiro atoms. The van der Waals surface area contributed by atoms with Gasteiger partial charge in [-0.2, -0.15) is 0 Å². The molecule has 0 aliphatic carbocycles. The second-order valence-corrected chi connectivity index (χ2v) is 7.66. The molecule has 1 fully saturated rings. The molecule has 0 radical (unpaired) electrons. The summed E-state index contributed by atoms with van der Waals surface area (Å²) >= 11 is 0. The van der Waals surface area contributed by atoms with Crippen LogP contribution in [0.15, 0.2) is 42.9 Å². The van der Waals surface area contributed by atoms with Crippen LogP contribution in [0, 0.1) is 0 Å². The molecule has 3 aromatic rings. The highest BCUT2D eigenvalue weighted by atomic mass is 16.5. The Morgan fingerprint density at radius 1 is 1.18 bits per heavy atom. The van der Waals surface area contributed by atoms with E-state index in [4.69, 9.17) is 4.74 Å². The van der Waals surface area contributed by atoms with Crippen LogP contribution in [0.2, 0.25) is 0 Å². The van der Waals surface area contributed by atoms with Gasteiger partial charge in [-0.3, -0.25) is 24.7 Å². The molecular weight excluding hydrogens is 428 g/mol. The van der Waals surface area contributed by atoms with E-state index in [0.29, 0.717) is 22.5 Å². The van der Waals surface area contributed by atoms with Crippen molar-refractivity contribution in [3.8, 4) is 16.9 Å². The van der Waals surface area contributed by atoms with Gasteiger partial charge in [-0.15, -0.1) is 5.10 Å². The molecule has 33 heavy (non-hydrogen) atoms. The average molecular weight is 446 g/mol. The highest BCUT2D eigenvalue weighted by molar-refractivity contribution is 6.06. The van der Waals surface area contributed by atoms with Crippen molar-refractivity contribution in [2.75, 3.05) is 7.11 Å². The Hall–Kier alpha value is -4.41. The van der Waals surface area contributed by atoms with Gasteiger partial charge in [0.15, 0.2) is 0 Å². The number of carbonyl (C=O) groups excluding carboxylic acids is 4. The van der Waals surface area contributed by atoms with Crippen molar-refractivity contribution in [3.05, 3.63) is 59.5 Å². The molecule has 1 aromatic carbocycles. The van der Waals surface area contributed by atoms with Crippen molar-refractivity contribution in [2.45, 2.75) is 25.4 Å². The van der Waals surface area contributed by atoms with Gasteiger partial charge < -0.3 is 9.64 Å². The first kappa shape index (κ1) is 20.5. The molecule has 166 valence electrons. The molecule has 2 aliphatic heterocycles. The van der Waals surface area contributed by atoms with E-state index in [9.17, 15) is 19.2 Å². The third kappa shape index (κ3) is 3.43. The van der Waals surface area contributed by atoms with Gasteiger partial charge in [0, 0.05) is 30.3 Å². The number of piperidine rings is 1. The quantitative estimate of drug-likeness (QED) is 0.461. The number of imide groups is 1. The molecular formula is C22H18N6O5. The molecule has 1 atom stereocenters. The molecule has 0 bridgehead atoms. The lowest BCUT2D eigenvalue weighted by atomic mass is 10.0. The summed E-state index contributed by atoms with van der Waals surface area (Å²) in [5, 5.41) is 10.7. The summed E-state index contributed by atoms with van der Waals surface area (Å²) in [6, 6.07) is 6.08. The standard InChI is InChI=1S/C22H18N6O5/c1-33-22(32)14-7-8-23-9-18(14)28-11-16(25-26-28)12-3-2-4-13-15(12)10-27(21(13)31)17-5-6-19(29)24-20(17)30/h2-4,7-9,11,17H,5-6,10H2,1H3,(H,24,29,30). The van der Waals surface area contributed by atoms with Crippen molar-refractivity contribution in [1.82, 2.24) is 30.2 Å². The fourth-order valence-corrected chi connectivity index (χ4v) is 4.18. The van der Waals surface area contributed by atoms with E-state index in [2.05, 4.69) is 20.6 Å². The van der Waals surface area contributed by atoms with Gasteiger partial charge in [0.2, 0.25) is 11.8 Å². The highest BCUT2D eigenvalue weighted by Gasteiger charge is 2.40. The van der Waals surface area contributed by atoms with Gasteiger partial charge in [0.1, 0.15) is 11.7 Å². The maximum atomic E-state index is 13.0. The topological polar surface area (TPSA) is 136 Å². The Balaban J connectivity index is 1.49. The first-order valence-corrected chi connectivity index (χ1v) is 10.2. The number of ether oxygens (including phenoxy) is 1. The zero-order chi connectivity index (χ0) is 23.1. The predicted molar refractivity (Wildman–Crippen MR) is 112 cm³/mol. The first-order chi connectivity index (χ1) is 16.0. The van der Waals surface area contributed by atoms with E-state index in [1.807, 2.05) is 6.07 Å². The lowest BCUT2D eigenvalue weighted by Gasteiger charge is -2.29. The van der Waals surface area contributed by atoms with Gasteiger partial charge in [0.25, 0.3) is 5.91 Å². The van der Waals surface area contributed by atoms with Gasteiger partial charge >= 0.3 is 5.97 Å². The van der Waals surface area contributed by atoms with Crippen LogP contribution in [0.25, 0.3) is 16.9 Å². The zero-order valence-corrected chi connectivity index (χ0v) is 17.5. The number of hydrogen-bond acceptors (Lipinski definition) is 8. The number of pyridine rings is 1. The predicted octanol–water partition coefficient (Wildman–Crippen LogP) is 0.877. The summed E-state index contributed by atoms with van der Waals surface area (Å²) in [6.07, 6.45) is 5.07. The fourth-order valence-electron chi connectivity index (χ4n) is 4.18. The third-order valence-corrected chi connectivity index (χ3v) is 5.80. The lowest BCUT2D eigenvalue weighted by molar-refractivity contribution is -0.136. The minimum absolute atomic E-state index is 0.186. The summed E-state index contributed by atoms with van der Waals surface area (Å²) in [4.78, 5) is 54.5. The maximum absolute atomic E-state index is 13.0. The number of amides is 3. The van der Waals surface area contributed by atoms with Gasteiger partial charge in [-0.25, -0.2) is 9.48 Å². The summed E-state index contributed by atoms with van der Waals surface area (Å²) in [5.74, 6) is -1.60. The number of fused-ring (bicyclic) bond motifs is 1. The van der Waals surface area contributed by atoms with Crippen LogP contribution in [0.5, 0.6) is 0 Å². The number of carbonyl (C=O) groups is 4. The van der Waals surface area contributed by atoms with E-state index in [1.54, 1.807) is 18.3 Å². The first-order valence-electron chi connectivity index (χ1n) is 10.2. The zero-order valence-electron chi connectivity index (χ0n) is 17.5. The number of benzene rings is 1. The van der Waals surface area contributed by atoms with E-state index in [0.717, 1.165) is 5.56 Å². The molecule has 1 unspecified atom stereocenters. The number of nitrogens with zero attached hydrogens (tertiary/aromatic N) is 5. The Morgan fingerprint density at radius 3 is 2.79 bits per heavy atom. The van der Waals surface area contributed by atoms with E-state index >= 15 is 0 Å². The largest absolute Gasteiger partial charge is 0.465 e. The lowest BCUT2D eigenvalue weighted by Crippen LogP contribution is -2.52. The molecule has 3 amide bonds. The van der Waals surface area contributed by atoms with Crippen LogP contribution in [0.4, 0.5) is 0 Å². The Labute approximate surface area is 187 Å². The molecule has 2 aromatic heterocycles. The minimum atomic E-state index is -0.705. The van der Waals surface area contributed by atoms with E-state index < -0.39 is 17.9 Å². The van der Waals surface area contributed by atoms with Crippen molar-refractivity contribution < 1.29 is 23.9 Å². The molecule has 4 heterocycles. The van der Waals surface area contributed by atoms with Crippen LogP contribution in [-0.2, 0) is 20.9 Å². The molecule has 11 nitrogen and oxygen atoms in total. The summed E-state index contributed by atoms with van der Waals surface area (Å²) < 4.78 is 6.24. The summed E-state index contributed by atoms with van der Waals surface area (Å²) in [6.45, 7) is 0.212. The molecule has 5 rings (SSSR count). The summed E-state index contributed by atoms with van der Waals surface area (Å²) in [7, 11) is 1.29. The molecule has 1 saturated heterocycles. The average Bonchev–Trinajstić information content (AvgIpc) is 3.44. The number of aromatic nitrogens is 4. The van der Waals surface area contributed by atoms with Crippen LogP contribution >= 0.6 is 0 Å². The number of esters is 1. The van der Waals surface area contributed by atoms with Crippen LogP contribution in [0.1, 0.15) is 39.1 Å². The second-order valence-electron chi connectivity index (χ2n) is 7.66. The van der Waals surface area contributed by atoms with Gasteiger partial charge in [-0.1, -0.05) is 17.3 Å². The number of nitrogens with one attached hydrogen (secondary N) is 1. The van der Waals surface area contributed by atoms with Gasteiger partial charge in [0.05, 0.1) is 30.8 Å². The molecule has 11 heteroatoms. The number of rotatable bonds is 4. The monoisotopic (exact) mass is 446 g/mol. The smallest absolute Gasteiger partial charge is 0.340 e. The fraction of sp³-hybridized carbons (Fsp3) is 0.227. The molecule has 2 aliphatic rings. The van der Waals surface area contributed by atoms with Crippen LogP contribution in [-0.4, -0.2) is 61.7 Å². The van der Waals surface area contributed by atoms with Crippen molar-refractivity contribution in [1.29, 1.82) is 0 Å². The molecule has 1 N–H and O–H groups in total. The van der Waals surface area contributed by atoms with Crippen molar-refractivity contribution in [3.63, 3.8) is 0 Å². The maximum Gasteiger partial charge on any atom is 0.340 e. The van der Waals surface area contributed by atoms with Gasteiger partial charge in [-0.05, 0) is 24.1 Å². The van der Waals surface area contributed by atoms with Crippen LogP contribution in [0.3, 0.4) is 0 Å². The number of methoxy groups -OCH3 is 1. The van der Waals surface area contributed by atoms with Crippen molar-refractivity contribution >= 4 is 23.7 Å². The molecule has 0 saturated carbocycles. The SMILES string of the molecule is COC(=O)c1ccncc1-n1cc(-c2cccc3c2CN(C2CCC(=O)NC2=O)C3=O)nn1. The second kappa shape index (κ2) is 7.93. The van der Waals surface area contributed by atoms with Crippen LogP contribution < -0.4 is 5.32 Å². The third-order valence-electron chi connectivity index (χ3n) is 5.80. The minimum Gasteiger partial charge on any atom is -0.465 e. The number of hydrogen-bond donors (Lipinski definition) is 1.